The van der Waals surface area contributed by atoms with Crippen LogP contribution in [0.3, 0.4) is 0 Å². The summed E-state index contributed by atoms with van der Waals surface area (Å²) in [6, 6.07) is 6.14. The summed E-state index contributed by atoms with van der Waals surface area (Å²) in [7, 11) is 0. The molecule has 0 aliphatic heterocycles. The lowest BCUT2D eigenvalue weighted by Crippen LogP contribution is -1.81. The Bertz CT molecular complexity index is 527. The normalized spacial score (nSPS) is 10.4. The van der Waals surface area contributed by atoms with E-state index in [-0.39, 0.29) is 0 Å². The number of rotatable bonds is 1. The minimum Gasteiger partial charge on any atom is -0.192 e. The standard InChI is InChI=1S/C10H5ClINS/c11-3-7-5-14-10-1-6(4-13)9(12)2-8(7)10/h1-2,5H,3H2. The zero-order valence-corrected chi connectivity index (χ0v) is 10.8. The molecule has 0 aliphatic rings. The maximum Gasteiger partial charge on any atom is 0.100 e. The predicted molar refractivity (Wildman–Crippen MR) is 68.8 cm³/mol. The van der Waals surface area contributed by atoms with E-state index < -0.39 is 0 Å². The van der Waals surface area contributed by atoms with Crippen LogP contribution >= 0.6 is 45.5 Å². The van der Waals surface area contributed by atoms with E-state index in [1.807, 2.05) is 12.1 Å². The molecule has 0 aliphatic carbocycles. The van der Waals surface area contributed by atoms with E-state index in [1.165, 1.54) is 5.39 Å². The van der Waals surface area contributed by atoms with Gasteiger partial charge in [-0.2, -0.15) is 5.26 Å². The van der Waals surface area contributed by atoms with E-state index in [9.17, 15) is 0 Å². The zero-order chi connectivity index (χ0) is 10.1. The Morgan fingerprint density at radius 3 is 2.93 bits per heavy atom. The number of hydrogen-bond acceptors (Lipinski definition) is 2. The van der Waals surface area contributed by atoms with E-state index in [1.54, 1.807) is 11.3 Å². The Balaban J connectivity index is 2.77. The van der Waals surface area contributed by atoms with Gasteiger partial charge in [0.25, 0.3) is 0 Å². The summed E-state index contributed by atoms with van der Waals surface area (Å²) in [6.45, 7) is 0. The van der Waals surface area contributed by atoms with Crippen molar-refractivity contribution in [1.82, 2.24) is 0 Å². The minimum absolute atomic E-state index is 0.530. The molecule has 70 valence electrons. The van der Waals surface area contributed by atoms with Crippen molar-refractivity contribution < 1.29 is 0 Å². The van der Waals surface area contributed by atoms with Gasteiger partial charge in [0.05, 0.1) is 5.56 Å². The summed E-state index contributed by atoms with van der Waals surface area (Å²) < 4.78 is 2.12. The number of alkyl halides is 1. The lowest BCUT2D eigenvalue weighted by atomic mass is 10.1. The number of halogens is 2. The molecule has 1 aromatic carbocycles. The van der Waals surface area contributed by atoms with Crippen molar-refractivity contribution >= 4 is 55.6 Å². The fraction of sp³-hybridized carbons (Fsp3) is 0.100. The lowest BCUT2D eigenvalue weighted by Gasteiger charge is -1.97. The van der Waals surface area contributed by atoms with Crippen LogP contribution in [0.1, 0.15) is 11.1 Å². The molecule has 4 heteroatoms. The fourth-order valence-electron chi connectivity index (χ4n) is 1.29. The predicted octanol–water partition coefficient (Wildman–Crippen LogP) is 4.12. The molecule has 0 radical (unpaired) electrons. The summed E-state index contributed by atoms with van der Waals surface area (Å²) in [6.07, 6.45) is 0. The highest BCUT2D eigenvalue weighted by atomic mass is 127. The maximum absolute atomic E-state index is 8.87. The largest absolute Gasteiger partial charge is 0.192 e. The average molecular weight is 334 g/mol. The molecule has 0 atom stereocenters. The average Bonchev–Trinajstić information content (AvgIpc) is 2.58. The molecule has 0 bridgehead atoms. The number of thiophene rings is 1. The highest BCUT2D eigenvalue weighted by molar-refractivity contribution is 14.1. The first-order valence-corrected chi connectivity index (χ1v) is 6.41. The molecular formula is C10H5ClINS. The molecule has 0 saturated carbocycles. The van der Waals surface area contributed by atoms with Gasteiger partial charge in [0.2, 0.25) is 0 Å². The molecule has 1 nitrogen and oxygen atoms in total. The van der Waals surface area contributed by atoms with Crippen LogP contribution in [-0.4, -0.2) is 0 Å². The Hall–Kier alpha value is -0.310. The van der Waals surface area contributed by atoms with Crippen molar-refractivity contribution in [2.45, 2.75) is 5.88 Å². The van der Waals surface area contributed by atoms with Crippen LogP contribution in [0.5, 0.6) is 0 Å². The van der Waals surface area contributed by atoms with Crippen molar-refractivity contribution in [3.05, 3.63) is 32.2 Å². The monoisotopic (exact) mass is 333 g/mol. The quantitative estimate of drug-likeness (QED) is 0.569. The molecule has 1 aromatic heterocycles. The van der Waals surface area contributed by atoms with E-state index in [4.69, 9.17) is 16.9 Å². The number of nitrogens with zero attached hydrogens (tertiary/aromatic N) is 1. The highest BCUT2D eigenvalue weighted by Gasteiger charge is 2.07. The molecule has 0 spiro atoms. The Kier molecular flexibility index (Phi) is 2.96. The maximum atomic E-state index is 8.87. The molecule has 2 rings (SSSR count). The van der Waals surface area contributed by atoms with Gasteiger partial charge in [0.1, 0.15) is 6.07 Å². The fourth-order valence-corrected chi connectivity index (χ4v) is 3.17. The Labute approximate surface area is 104 Å². The van der Waals surface area contributed by atoms with Crippen LogP contribution in [0.15, 0.2) is 17.5 Å². The van der Waals surface area contributed by atoms with Gasteiger partial charge in [-0.3, -0.25) is 0 Å². The van der Waals surface area contributed by atoms with Crippen LogP contribution in [0, 0.1) is 14.9 Å². The number of benzene rings is 1. The zero-order valence-electron chi connectivity index (χ0n) is 7.05. The first kappa shape index (κ1) is 10.2. The van der Waals surface area contributed by atoms with Crippen molar-refractivity contribution in [2.24, 2.45) is 0 Å². The summed E-state index contributed by atoms with van der Waals surface area (Å²) in [4.78, 5) is 0. The smallest absolute Gasteiger partial charge is 0.100 e. The van der Waals surface area contributed by atoms with Crippen LogP contribution in [0.4, 0.5) is 0 Å². The van der Waals surface area contributed by atoms with Crippen molar-refractivity contribution in [2.75, 3.05) is 0 Å². The van der Waals surface area contributed by atoms with Gasteiger partial charge in [-0.05, 0) is 51.1 Å². The molecule has 0 saturated heterocycles. The third-order valence-corrected chi connectivity index (χ3v) is 4.18. The molecule has 2 aromatic rings. The second-order valence-corrected chi connectivity index (χ2v) is 5.18. The molecule has 0 unspecified atom stereocenters. The van der Waals surface area contributed by atoms with Gasteiger partial charge >= 0.3 is 0 Å². The van der Waals surface area contributed by atoms with Crippen LogP contribution in [-0.2, 0) is 5.88 Å². The molecule has 1 heterocycles. The SMILES string of the molecule is N#Cc1cc2scc(CCl)c2cc1I. The summed E-state index contributed by atoms with van der Waals surface area (Å²) in [5, 5.41) is 12.1. The minimum atomic E-state index is 0.530. The second kappa shape index (κ2) is 4.05. The molecular weight excluding hydrogens is 329 g/mol. The van der Waals surface area contributed by atoms with Crippen molar-refractivity contribution in [1.29, 1.82) is 5.26 Å². The summed E-state index contributed by atoms with van der Waals surface area (Å²) in [5.41, 5.74) is 1.88. The first-order chi connectivity index (χ1) is 6.76. The van der Waals surface area contributed by atoms with E-state index >= 15 is 0 Å². The summed E-state index contributed by atoms with van der Waals surface area (Å²) in [5.74, 6) is 0.530. The molecule has 0 amide bonds. The number of hydrogen-bond donors (Lipinski definition) is 0. The van der Waals surface area contributed by atoms with Gasteiger partial charge in [-0.15, -0.1) is 22.9 Å². The molecule has 0 N–H and O–H groups in total. The topological polar surface area (TPSA) is 23.8 Å². The number of fused-ring (bicyclic) bond motifs is 1. The van der Waals surface area contributed by atoms with E-state index in [2.05, 4.69) is 34.0 Å². The van der Waals surface area contributed by atoms with Crippen LogP contribution in [0.25, 0.3) is 10.1 Å². The summed E-state index contributed by atoms with van der Waals surface area (Å²) >= 11 is 9.63. The highest BCUT2D eigenvalue weighted by Crippen LogP contribution is 2.30. The van der Waals surface area contributed by atoms with E-state index in [0.29, 0.717) is 5.88 Å². The first-order valence-electron chi connectivity index (χ1n) is 3.92. The molecule has 0 fully saturated rings. The van der Waals surface area contributed by atoms with Crippen molar-refractivity contribution in [3.8, 4) is 6.07 Å². The Morgan fingerprint density at radius 1 is 1.50 bits per heavy atom. The van der Waals surface area contributed by atoms with Gasteiger partial charge in [-0.1, -0.05) is 0 Å². The van der Waals surface area contributed by atoms with Gasteiger partial charge < -0.3 is 0 Å². The third kappa shape index (κ3) is 1.62. The van der Waals surface area contributed by atoms with Crippen LogP contribution < -0.4 is 0 Å². The van der Waals surface area contributed by atoms with E-state index in [0.717, 1.165) is 19.4 Å². The Morgan fingerprint density at radius 2 is 2.29 bits per heavy atom. The van der Waals surface area contributed by atoms with Gasteiger partial charge in [-0.25, -0.2) is 0 Å². The van der Waals surface area contributed by atoms with Gasteiger partial charge in [0.15, 0.2) is 0 Å². The second-order valence-electron chi connectivity index (χ2n) is 2.83. The molecule has 14 heavy (non-hydrogen) atoms. The van der Waals surface area contributed by atoms with Crippen LogP contribution in [0.2, 0.25) is 0 Å². The lowest BCUT2D eigenvalue weighted by molar-refractivity contribution is 1.47. The van der Waals surface area contributed by atoms with Gasteiger partial charge in [0, 0.05) is 14.2 Å². The number of nitriles is 1. The van der Waals surface area contributed by atoms with Crippen molar-refractivity contribution in [3.63, 3.8) is 0 Å². The third-order valence-electron chi connectivity index (χ3n) is 2.01.